The van der Waals surface area contributed by atoms with E-state index in [0.717, 1.165) is 0 Å². The SMILES string of the molecule is C1CCCNCC1.N.O=[PH](O)c1ccccc1.O=[PH](O)c1ccccc1. The summed E-state index contributed by atoms with van der Waals surface area (Å²) >= 11 is 0. The van der Waals surface area contributed by atoms with Crippen molar-refractivity contribution in [1.82, 2.24) is 11.5 Å². The summed E-state index contributed by atoms with van der Waals surface area (Å²) in [6, 6.07) is 17.2. The van der Waals surface area contributed by atoms with Gasteiger partial charge < -0.3 is 21.3 Å². The van der Waals surface area contributed by atoms with E-state index >= 15 is 0 Å². The second kappa shape index (κ2) is 16.0. The maximum absolute atomic E-state index is 10.4. The Hall–Kier alpha value is -1.26. The molecule has 2 atom stereocenters. The predicted molar refractivity (Wildman–Crippen MR) is 111 cm³/mol. The number of hydrogen-bond acceptors (Lipinski definition) is 4. The lowest BCUT2D eigenvalue weighted by molar-refractivity contribution is 0.512. The third-order valence-electron chi connectivity index (χ3n) is 3.50. The maximum atomic E-state index is 10.4. The molecule has 0 bridgehead atoms. The van der Waals surface area contributed by atoms with Crippen LogP contribution in [0.4, 0.5) is 0 Å². The largest absolute Gasteiger partial charge is 0.344 e. The van der Waals surface area contributed by atoms with E-state index in [0.29, 0.717) is 10.6 Å². The van der Waals surface area contributed by atoms with E-state index in [1.54, 1.807) is 48.5 Å². The molecule has 8 heteroatoms. The number of benzene rings is 2. The highest BCUT2D eigenvalue weighted by Crippen LogP contribution is 2.11. The first-order valence-electron chi connectivity index (χ1n) is 8.38. The van der Waals surface area contributed by atoms with E-state index in [1.807, 2.05) is 12.1 Å². The minimum Gasteiger partial charge on any atom is -0.344 e. The molecule has 0 spiro atoms. The molecule has 1 fully saturated rings. The van der Waals surface area contributed by atoms with Gasteiger partial charge in [0.15, 0.2) is 0 Å². The molecule has 1 aliphatic rings. The van der Waals surface area contributed by atoms with E-state index in [4.69, 9.17) is 9.79 Å². The summed E-state index contributed by atoms with van der Waals surface area (Å²) in [5, 5.41) is 4.38. The second-order valence-electron chi connectivity index (χ2n) is 5.51. The molecule has 0 aromatic heterocycles. The van der Waals surface area contributed by atoms with Gasteiger partial charge >= 0.3 is 0 Å². The molecule has 2 aromatic rings. The van der Waals surface area contributed by atoms with Gasteiger partial charge in [0.1, 0.15) is 0 Å². The van der Waals surface area contributed by atoms with Gasteiger partial charge in [0.05, 0.1) is 0 Å². The van der Waals surface area contributed by atoms with Crippen LogP contribution in [0.25, 0.3) is 0 Å². The molecule has 0 radical (unpaired) electrons. The molecule has 3 rings (SSSR count). The lowest BCUT2D eigenvalue weighted by Gasteiger charge is -1.91. The van der Waals surface area contributed by atoms with Crippen LogP contribution < -0.4 is 22.1 Å². The fourth-order valence-electron chi connectivity index (χ4n) is 2.14. The molecule has 1 saturated heterocycles. The maximum Gasteiger partial charge on any atom is 0.218 e. The van der Waals surface area contributed by atoms with Crippen LogP contribution in [-0.2, 0) is 9.13 Å². The highest BCUT2D eigenvalue weighted by atomic mass is 31.1. The molecule has 1 aliphatic heterocycles. The second-order valence-corrected chi connectivity index (χ2v) is 7.88. The molecule has 2 aromatic carbocycles. The first kappa shape index (κ1) is 24.7. The Morgan fingerprint density at radius 2 is 1.00 bits per heavy atom. The van der Waals surface area contributed by atoms with Gasteiger partial charge in [0, 0.05) is 10.6 Å². The quantitative estimate of drug-likeness (QED) is 0.575. The molecule has 0 saturated carbocycles. The van der Waals surface area contributed by atoms with Crippen molar-refractivity contribution in [3.63, 3.8) is 0 Å². The Morgan fingerprint density at radius 3 is 1.27 bits per heavy atom. The molecule has 26 heavy (non-hydrogen) atoms. The highest BCUT2D eigenvalue weighted by Gasteiger charge is 1.94. The summed E-state index contributed by atoms with van der Waals surface area (Å²) in [5.41, 5.74) is 0. The summed E-state index contributed by atoms with van der Waals surface area (Å²) in [5.74, 6) is 0. The van der Waals surface area contributed by atoms with Crippen LogP contribution in [-0.4, -0.2) is 22.9 Å². The van der Waals surface area contributed by atoms with Crippen LogP contribution in [0.2, 0.25) is 0 Å². The van der Waals surface area contributed by atoms with Crippen molar-refractivity contribution in [3.8, 4) is 0 Å². The third-order valence-corrected chi connectivity index (χ3v) is 5.15. The Kier molecular flexibility index (Phi) is 15.2. The molecular formula is C18H30N2O4P2. The predicted octanol–water partition coefficient (Wildman–Crippen LogP) is 2.87. The Bertz CT molecular complexity index is 558. The van der Waals surface area contributed by atoms with E-state index < -0.39 is 16.1 Å². The number of nitrogens with one attached hydrogen (secondary N) is 1. The molecule has 0 aliphatic carbocycles. The third kappa shape index (κ3) is 12.2. The first-order valence-corrected chi connectivity index (χ1v) is 11.1. The number of hydrogen-bond donors (Lipinski definition) is 4. The summed E-state index contributed by atoms with van der Waals surface area (Å²) < 4.78 is 20.8. The van der Waals surface area contributed by atoms with Gasteiger partial charge in [0.2, 0.25) is 16.1 Å². The van der Waals surface area contributed by atoms with Gasteiger partial charge in [-0.25, -0.2) is 0 Å². The molecule has 6 N–H and O–H groups in total. The van der Waals surface area contributed by atoms with E-state index in [-0.39, 0.29) is 6.15 Å². The molecule has 146 valence electrons. The van der Waals surface area contributed by atoms with Crippen molar-refractivity contribution in [2.45, 2.75) is 25.7 Å². The van der Waals surface area contributed by atoms with E-state index in [9.17, 15) is 9.13 Å². The lowest BCUT2D eigenvalue weighted by Crippen LogP contribution is -2.12. The minimum absolute atomic E-state index is 0. The zero-order chi connectivity index (χ0) is 18.3. The van der Waals surface area contributed by atoms with Crippen LogP contribution in [0.5, 0.6) is 0 Å². The van der Waals surface area contributed by atoms with Crippen molar-refractivity contribution < 1.29 is 18.9 Å². The summed E-state index contributed by atoms with van der Waals surface area (Å²) in [4.78, 5) is 17.1. The van der Waals surface area contributed by atoms with Gasteiger partial charge in [-0.2, -0.15) is 0 Å². The Labute approximate surface area is 157 Å². The average Bonchev–Trinajstić information content (AvgIpc) is 2.97. The van der Waals surface area contributed by atoms with Crippen LogP contribution in [0, 0.1) is 0 Å². The average molecular weight is 400 g/mol. The smallest absolute Gasteiger partial charge is 0.218 e. The van der Waals surface area contributed by atoms with Gasteiger partial charge in [-0.1, -0.05) is 49.2 Å². The summed E-state index contributed by atoms with van der Waals surface area (Å²) in [6.07, 6.45) is 5.65. The molecule has 2 unspecified atom stereocenters. The van der Waals surface area contributed by atoms with Gasteiger partial charge in [-0.05, 0) is 50.2 Å². The van der Waals surface area contributed by atoms with Gasteiger partial charge in [0.25, 0.3) is 0 Å². The summed E-state index contributed by atoms with van der Waals surface area (Å²) in [6.45, 7) is 2.50. The fraction of sp³-hybridized carbons (Fsp3) is 0.333. The molecule has 0 amide bonds. The molecular weight excluding hydrogens is 370 g/mol. The van der Waals surface area contributed by atoms with Gasteiger partial charge in [-0.3, -0.25) is 9.13 Å². The zero-order valence-corrected chi connectivity index (χ0v) is 16.9. The zero-order valence-electron chi connectivity index (χ0n) is 14.9. The van der Waals surface area contributed by atoms with Crippen molar-refractivity contribution >= 4 is 26.7 Å². The van der Waals surface area contributed by atoms with Gasteiger partial charge in [-0.15, -0.1) is 0 Å². The van der Waals surface area contributed by atoms with Crippen molar-refractivity contribution in [2.24, 2.45) is 0 Å². The van der Waals surface area contributed by atoms with Crippen molar-refractivity contribution in [2.75, 3.05) is 13.1 Å². The fourth-order valence-corrected chi connectivity index (χ4v) is 3.10. The Morgan fingerprint density at radius 1 is 0.654 bits per heavy atom. The van der Waals surface area contributed by atoms with Crippen LogP contribution in [0.15, 0.2) is 60.7 Å². The first-order chi connectivity index (χ1) is 12.1. The topological polar surface area (TPSA) is 122 Å². The monoisotopic (exact) mass is 400 g/mol. The van der Waals surface area contributed by atoms with E-state index in [1.165, 1.54) is 38.8 Å². The van der Waals surface area contributed by atoms with Crippen LogP contribution in [0.1, 0.15) is 25.7 Å². The number of rotatable bonds is 2. The highest BCUT2D eigenvalue weighted by molar-refractivity contribution is 7.47. The molecule has 6 nitrogen and oxygen atoms in total. The normalized spacial score (nSPS) is 15.5. The van der Waals surface area contributed by atoms with Crippen molar-refractivity contribution in [1.29, 1.82) is 0 Å². The standard InChI is InChI=1S/C6H13N.2C6H7O2P.H3N/c1-2-4-6-7-5-3-1;2*7-9(8)6-4-2-1-3-5-6;/h7H,1-6H2;2*1-5,9H,(H,7,8);1H3. The van der Waals surface area contributed by atoms with Crippen molar-refractivity contribution in [3.05, 3.63) is 60.7 Å². The van der Waals surface area contributed by atoms with Crippen LogP contribution in [0.3, 0.4) is 0 Å². The lowest BCUT2D eigenvalue weighted by atomic mass is 10.2. The Balaban J connectivity index is 0.000000357. The van der Waals surface area contributed by atoms with E-state index in [2.05, 4.69) is 5.32 Å². The summed E-state index contributed by atoms with van der Waals surface area (Å²) in [7, 11) is -4.92. The van der Waals surface area contributed by atoms with Crippen LogP contribution >= 0.6 is 16.1 Å². The minimum atomic E-state index is -2.46. The molecule has 1 heterocycles.